The van der Waals surface area contributed by atoms with Gasteiger partial charge in [-0.05, 0) is 37.0 Å². The van der Waals surface area contributed by atoms with Crippen molar-refractivity contribution < 1.29 is 14.0 Å². The summed E-state index contributed by atoms with van der Waals surface area (Å²) < 4.78 is 14.8. The summed E-state index contributed by atoms with van der Waals surface area (Å²) in [6, 6.07) is 14.5. The molecule has 2 aromatic carbocycles. The van der Waals surface area contributed by atoms with Crippen molar-refractivity contribution in [3.05, 3.63) is 59.9 Å². The highest BCUT2D eigenvalue weighted by Gasteiger charge is 2.22. The zero-order valence-corrected chi connectivity index (χ0v) is 22.2. The Morgan fingerprint density at radius 2 is 1.34 bits per heavy atom. The van der Waals surface area contributed by atoms with Gasteiger partial charge in [-0.2, -0.15) is 0 Å². The Labute approximate surface area is 213 Å². The van der Waals surface area contributed by atoms with Crippen molar-refractivity contribution >= 4 is 5.97 Å². The molecule has 0 aliphatic carbocycles. The molecule has 0 radical (unpaired) electrons. The van der Waals surface area contributed by atoms with Crippen LogP contribution in [0.2, 0.25) is 0 Å². The van der Waals surface area contributed by atoms with Crippen LogP contribution >= 0.6 is 0 Å². The lowest BCUT2D eigenvalue weighted by molar-refractivity contribution is -0.193. The Morgan fingerprint density at radius 3 is 1.89 bits per heavy atom. The quantitative estimate of drug-likeness (QED) is 0.156. The van der Waals surface area contributed by atoms with Crippen LogP contribution in [0.4, 0.5) is 4.39 Å². The molecule has 35 heavy (non-hydrogen) atoms. The Balaban J connectivity index is 1.93. The maximum absolute atomic E-state index is 14.8. The van der Waals surface area contributed by atoms with E-state index >= 15 is 0 Å². The van der Waals surface area contributed by atoms with Gasteiger partial charge in [-0.1, -0.05) is 121 Å². The summed E-state index contributed by atoms with van der Waals surface area (Å²) in [6.45, 7) is 7.78. The van der Waals surface area contributed by atoms with Crippen molar-refractivity contribution in [3.8, 4) is 11.1 Å². The van der Waals surface area contributed by atoms with Crippen molar-refractivity contribution in [2.75, 3.05) is 13.1 Å². The molecule has 0 saturated carbocycles. The summed E-state index contributed by atoms with van der Waals surface area (Å²) >= 11 is 0. The minimum atomic E-state index is -0.522. The third-order valence-electron chi connectivity index (χ3n) is 6.67. The number of carbonyl (C=O) groups is 1. The lowest BCUT2D eigenvalue weighted by Gasteiger charge is -2.23. The lowest BCUT2D eigenvalue weighted by Crippen LogP contribution is -2.31. The van der Waals surface area contributed by atoms with E-state index in [2.05, 4.69) is 13.8 Å². The molecule has 2 aromatic rings. The van der Waals surface area contributed by atoms with Gasteiger partial charge in [0.25, 0.3) is 0 Å². The van der Waals surface area contributed by atoms with Crippen LogP contribution in [0.1, 0.15) is 109 Å². The number of nitrogens with zero attached hydrogens (tertiary/aromatic N) is 1. The van der Waals surface area contributed by atoms with Gasteiger partial charge in [0.05, 0.1) is 5.92 Å². The molecule has 0 spiro atoms. The SMILES string of the molecule is CCCCCCCCN(CCCCCCCC)OC(=O)[C@@H](C)c1ccc(-c2ccccc2)c(F)c1. The largest absolute Gasteiger partial charge is 0.367 e. The van der Waals surface area contributed by atoms with Crippen LogP contribution in [0.25, 0.3) is 11.1 Å². The normalized spacial score (nSPS) is 12.1. The molecule has 0 amide bonds. The van der Waals surface area contributed by atoms with Crippen LogP contribution < -0.4 is 0 Å². The fraction of sp³-hybridized carbons (Fsp3) is 0.581. The van der Waals surface area contributed by atoms with E-state index < -0.39 is 5.92 Å². The Bertz CT molecular complexity index is 823. The molecule has 2 rings (SSSR count). The van der Waals surface area contributed by atoms with E-state index in [0.717, 1.165) is 44.3 Å². The second-order valence-electron chi connectivity index (χ2n) is 9.70. The predicted octanol–water partition coefficient (Wildman–Crippen LogP) is 9.08. The summed E-state index contributed by atoms with van der Waals surface area (Å²) in [4.78, 5) is 18.8. The molecule has 1 atom stereocenters. The van der Waals surface area contributed by atoms with Gasteiger partial charge in [0.2, 0.25) is 0 Å². The third kappa shape index (κ3) is 10.9. The van der Waals surface area contributed by atoms with Crippen molar-refractivity contribution in [2.45, 2.75) is 104 Å². The van der Waals surface area contributed by atoms with Gasteiger partial charge >= 0.3 is 5.97 Å². The van der Waals surface area contributed by atoms with E-state index in [1.807, 2.05) is 41.5 Å². The smallest absolute Gasteiger partial charge is 0.332 e. The molecule has 0 saturated heterocycles. The van der Waals surface area contributed by atoms with Crippen LogP contribution in [0.5, 0.6) is 0 Å². The van der Waals surface area contributed by atoms with Crippen LogP contribution in [0.3, 0.4) is 0 Å². The maximum Gasteiger partial charge on any atom is 0.332 e. The Kier molecular flexibility index (Phi) is 14.3. The molecule has 0 heterocycles. The molecule has 0 bridgehead atoms. The first-order chi connectivity index (χ1) is 17.1. The molecule has 0 aliphatic heterocycles. The first-order valence-electron chi connectivity index (χ1n) is 13.9. The average Bonchev–Trinajstić information content (AvgIpc) is 2.87. The zero-order valence-electron chi connectivity index (χ0n) is 22.2. The molecule has 0 fully saturated rings. The molecule has 0 aliphatic rings. The minimum Gasteiger partial charge on any atom is -0.367 e. The predicted molar refractivity (Wildman–Crippen MR) is 145 cm³/mol. The summed E-state index contributed by atoms with van der Waals surface area (Å²) in [5, 5.41) is 1.85. The average molecular weight is 484 g/mol. The highest BCUT2D eigenvalue weighted by atomic mass is 19.1. The molecular formula is C31H46FNO2. The van der Waals surface area contributed by atoms with Crippen molar-refractivity contribution in [1.82, 2.24) is 5.06 Å². The number of hydroxylamine groups is 2. The van der Waals surface area contributed by atoms with Crippen LogP contribution in [-0.4, -0.2) is 24.1 Å². The Hall–Kier alpha value is -2.20. The molecule has 194 valence electrons. The number of rotatable bonds is 18. The Morgan fingerprint density at radius 1 is 0.800 bits per heavy atom. The standard InChI is InChI=1S/C31H46FNO2/c1-4-6-8-10-12-17-23-33(24-18-13-11-9-7-5-2)35-31(34)26(3)28-21-22-29(30(32)25-28)27-19-15-14-16-20-27/h14-16,19-22,25-26H,4-13,17-18,23-24H2,1-3H3/t26-/m0/s1. The van der Waals surface area contributed by atoms with Gasteiger partial charge in [0, 0.05) is 18.7 Å². The second-order valence-corrected chi connectivity index (χ2v) is 9.70. The molecule has 4 heteroatoms. The first-order valence-corrected chi connectivity index (χ1v) is 13.9. The molecule has 0 unspecified atom stereocenters. The number of unbranched alkanes of at least 4 members (excludes halogenated alkanes) is 10. The molecule has 3 nitrogen and oxygen atoms in total. The van der Waals surface area contributed by atoms with E-state index in [9.17, 15) is 9.18 Å². The fourth-order valence-corrected chi connectivity index (χ4v) is 4.33. The monoisotopic (exact) mass is 483 g/mol. The first kappa shape index (κ1) is 29.0. The minimum absolute atomic E-state index is 0.311. The van der Waals surface area contributed by atoms with E-state index in [1.54, 1.807) is 13.0 Å². The summed E-state index contributed by atoms with van der Waals surface area (Å²) in [7, 11) is 0. The fourth-order valence-electron chi connectivity index (χ4n) is 4.33. The zero-order chi connectivity index (χ0) is 25.3. The summed E-state index contributed by atoms with van der Waals surface area (Å²) in [5.41, 5.74) is 2.02. The summed E-state index contributed by atoms with van der Waals surface area (Å²) in [6.07, 6.45) is 14.4. The van der Waals surface area contributed by atoms with E-state index in [4.69, 9.17) is 4.84 Å². The third-order valence-corrected chi connectivity index (χ3v) is 6.67. The number of hydrogen-bond acceptors (Lipinski definition) is 3. The van der Waals surface area contributed by atoms with Gasteiger partial charge in [-0.25, -0.2) is 9.18 Å². The molecule has 0 N–H and O–H groups in total. The van der Waals surface area contributed by atoms with Crippen molar-refractivity contribution in [3.63, 3.8) is 0 Å². The van der Waals surface area contributed by atoms with Gasteiger partial charge in [0.1, 0.15) is 5.82 Å². The number of hydrogen-bond donors (Lipinski definition) is 0. The second kappa shape index (κ2) is 17.3. The van der Waals surface area contributed by atoms with Gasteiger partial charge in [0.15, 0.2) is 0 Å². The highest BCUT2D eigenvalue weighted by Crippen LogP contribution is 2.27. The van der Waals surface area contributed by atoms with Gasteiger partial charge in [-0.15, -0.1) is 5.06 Å². The topological polar surface area (TPSA) is 29.5 Å². The molecular weight excluding hydrogens is 437 g/mol. The van der Waals surface area contributed by atoms with Gasteiger partial charge in [-0.3, -0.25) is 0 Å². The van der Waals surface area contributed by atoms with Crippen LogP contribution in [0.15, 0.2) is 48.5 Å². The van der Waals surface area contributed by atoms with Crippen LogP contribution in [0, 0.1) is 5.82 Å². The van der Waals surface area contributed by atoms with Gasteiger partial charge < -0.3 is 4.84 Å². The van der Waals surface area contributed by atoms with E-state index in [1.165, 1.54) is 57.4 Å². The van der Waals surface area contributed by atoms with E-state index in [-0.39, 0.29) is 11.8 Å². The summed E-state index contributed by atoms with van der Waals surface area (Å²) in [5.74, 6) is -1.15. The lowest BCUT2D eigenvalue weighted by atomic mass is 9.97. The number of carbonyl (C=O) groups excluding carboxylic acids is 1. The van der Waals surface area contributed by atoms with Crippen molar-refractivity contribution in [1.29, 1.82) is 0 Å². The van der Waals surface area contributed by atoms with Crippen LogP contribution in [-0.2, 0) is 9.63 Å². The number of halogens is 1. The van der Waals surface area contributed by atoms with E-state index in [0.29, 0.717) is 11.1 Å². The van der Waals surface area contributed by atoms with Crippen molar-refractivity contribution in [2.24, 2.45) is 0 Å². The number of benzene rings is 2. The highest BCUT2D eigenvalue weighted by molar-refractivity contribution is 5.78. The molecule has 0 aromatic heterocycles. The maximum atomic E-state index is 14.8.